The fraction of sp³-hybridized carbons (Fsp3) is 0.267. The summed E-state index contributed by atoms with van der Waals surface area (Å²) in [6.07, 6.45) is 2.64. The van der Waals surface area contributed by atoms with Crippen LogP contribution in [0.3, 0.4) is 0 Å². The van der Waals surface area contributed by atoms with Gasteiger partial charge in [0.05, 0.1) is 23.9 Å². The minimum atomic E-state index is 0.763. The average Bonchev–Trinajstić information content (AvgIpc) is 2.98. The monoisotopic (exact) mass is 255 g/mol. The largest absolute Gasteiger partial charge is 0.464 e. The van der Waals surface area contributed by atoms with Gasteiger partial charge in [-0.05, 0) is 36.9 Å². The van der Waals surface area contributed by atoms with Crippen molar-refractivity contribution in [1.82, 2.24) is 14.9 Å². The lowest BCUT2D eigenvalue weighted by Crippen LogP contribution is -2.03. The first-order valence-electron chi connectivity index (χ1n) is 6.38. The maximum atomic E-state index is 5.76. The number of benzene rings is 1. The van der Waals surface area contributed by atoms with Gasteiger partial charge in [0.2, 0.25) is 0 Å². The van der Waals surface area contributed by atoms with Gasteiger partial charge in [-0.25, -0.2) is 4.98 Å². The van der Waals surface area contributed by atoms with Crippen molar-refractivity contribution in [2.75, 3.05) is 7.05 Å². The van der Waals surface area contributed by atoms with Crippen LogP contribution in [0.15, 0.2) is 41.1 Å². The highest BCUT2D eigenvalue weighted by atomic mass is 16.3. The van der Waals surface area contributed by atoms with E-state index in [1.807, 2.05) is 37.1 Å². The second kappa shape index (κ2) is 4.90. The van der Waals surface area contributed by atoms with Crippen LogP contribution >= 0.6 is 0 Å². The van der Waals surface area contributed by atoms with E-state index in [4.69, 9.17) is 4.42 Å². The van der Waals surface area contributed by atoms with Gasteiger partial charge in [-0.1, -0.05) is 6.07 Å². The maximum absolute atomic E-state index is 5.76. The molecular formula is C15H17N3O. The van der Waals surface area contributed by atoms with Crippen molar-refractivity contribution in [1.29, 1.82) is 0 Å². The van der Waals surface area contributed by atoms with Crippen LogP contribution in [-0.4, -0.2) is 16.6 Å². The first-order valence-corrected chi connectivity index (χ1v) is 6.38. The number of aryl methyl sites for hydroxylation is 1. The van der Waals surface area contributed by atoms with E-state index in [1.165, 1.54) is 5.56 Å². The molecule has 3 aromatic rings. The SMILES string of the molecule is CNCc1ccc(Cc2ccc3c(c2)ncn3C)o1. The molecule has 2 aromatic heterocycles. The normalized spacial score (nSPS) is 11.3. The van der Waals surface area contributed by atoms with E-state index in [9.17, 15) is 0 Å². The Morgan fingerprint density at radius 1 is 1.21 bits per heavy atom. The van der Waals surface area contributed by atoms with Crippen molar-refractivity contribution in [2.24, 2.45) is 7.05 Å². The zero-order valence-electron chi connectivity index (χ0n) is 11.2. The summed E-state index contributed by atoms with van der Waals surface area (Å²) in [5, 5.41) is 3.08. The van der Waals surface area contributed by atoms with Crippen molar-refractivity contribution in [3.8, 4) is 0 Å². The molecule has 0 aliphatic carbocycles. The van der Waals surface area contributed by atoms with Gasteiger partial charge in [0.1, 0.15) is 11.5 Å². The Bertz CT molecular complexity index is 696. The highest BCUT2D eigenvalue weighted by Gasteiger charge is 2.05. The zero-order chi connectivity index (χ0) is 13.2. The molecule has 0 atom stereocenters. The number of hydrogen-bond donors (Lipinski definition) is 1. The minimum absolute atomic E-state index is 0.763. The number of furan rings is 1. The van der Waals surface area contributed by atoms with Crippen molar-refractivity contribution < 1.29 is 4.42 Å². The third kappa shape index (κ3) is 2.39. The van der Waals surface area contributed by atoms with E-state index in [-0.39, 0.29) is 0 Å². The van der Waals surface area contributed by atoms with Crippen LogP contribution in [-0.2, 0) is 20.0 Å². The summed E-state index contributed by atoms with van der Waals surface area (Å²) in [6.45, 7) is 0.763. The molecule has 4 nitrogen and oxygen atoms in total. The summed E-state index contributed by atoms with van der Waals surface area (Å²) < 4.78 is 7.78. The Balaban J connectivity index is 1.83. The number of nitrogens with one attached hydrogen (secondary N) is 1. The second-order valence-corrected chi connectivity index (χ2v) is 4.75. The van der Waals surface area contributed by atoms with Crippen LogP contribution in [0.4, 0.5) is 0 Å². The number of rotatable bonds is 4. The number of imidazole rings is 1. The number of aromatic nitrogens is 2. The minimum Gasteiger partial charge on any atom is -0.464 e. The number of nitrogens with zero attached hydrogens (tertiary/aromatic N) is 2. The Hall–Kier alpha value is -2.07. The molecule has 3 rings (SSSR count). The van der Waals surface area contributed by atoms with Crippen LogP contribution in [0.1, 0.15) is 17.1 Å². The Labute approximate surface area is 112 Å². The molecule has 0 radical (unpaired) electrons. The van der Waals surface area contributed by atoms with E-state index >= 15 is 0 Å². The first-order chi connectivity index (χ1) is 9.26. The van der Waals surface area contributed by atoms with Crippen LogP contribution in [0.25, 0.3) is 11.0 Å². The van der Waals surface area contributed by atoms with Gasteiger partial charge < -0.3 is 14.3 Å². The topological polar surface area (TPSA) is 43.0 Å². The van der Waals surface area contributed by atoms with Gasteiger partial charge in [0.15, 0.2) is 0 Å². The zero-order valence-corrected chi connectivity index (χ0v) is 11.2. The molecule has 0 unspecified atom stereocenters. The summed E-state index contributed by atoms with van der Waals surface area (Å²) in [5.74, 6) is 1.96. The van der Waals surface area contributed by atoms with Gasteiger partial charge in [-0.15, -0.1) is 0 Å². The molecule has 0 aliphatic rings. The predicted octanol–water partition coefficient (Wildman–Crippen LogP) is 2.48. The number of fused-ring (bicyclic) bond motifs is 1. The van der Waals surface area contributed by atoms with E-state index in [1.54, 1.807) is 0 Å². The molecular weight excluding hydrogens is 238 g/mol. The summed E-state index contributed by atoms with van der Waals surface area (Å²) >= 11 is 0. The van der Waals surface area contributed by atoms with Gasteiger partial charge in [0.25, 0.3) is 0 Å². The van der Waals surface area contributed by atoms with Crippen LogP contribution in [0.5, 0.6) is 0 Å². The average molecular weight is 255 g/mol. The van der Waals surface area contributed by atoms with Gasteiger partial charge in [0, 0.05) is 13.5 Å². The van der Waals surface area contributed by atoms with Gasteiger partial charge in [-0.2, -0.15) is 0 Å². The Kier molecular flexibility index (Phi) is 3.09. The first kappa shape index (κ1) is 12.0. The summed E-state index contributed by atoms with van der Waals surface area (Å²) in [4.78, 5) is 4.38. The standard InChI is InChI=1S/C15H17N3O/c1-16-9-13-5-4-12(19-13)7-11-3-6-15-14(8-11)17-10-18(15)2/h3-6,8,10,16H,7,9H2,1-2H3. The summed E-state index contributed by atoms with van der Waals surface area (Å²) in [5.41, 5.74) is 3.40. The van der Waals surface area contributed by atoms with E-state index in [0.717, 1.165) is 35.5 Å². The molecule has 0 bridgehead atoms. The van der Waals surface area contributed by atoms with Gasteiger partial charge in [-0.3, -0.25) is 0 Å². The van der Waals surface area contributed by atoms with Crippen molar-refractivity contribution in [3.63, 3.8) is 0 Å². The summed E-state index contributed by atoms with van der Waals surface area (Å²) in [7, 11) is 3.92. The molecule has 1 aromatic carbocycles. The summed E-state index contributed by atoms with van der Waals surface area (Å²) in [6, 6.07) is 10.4. The van der Waals surface area contributed by atoms with Crippen LogP contribution < -0.4 is 5.32 Å². The van der Waals surface area contributed by atoms with Crippen LogP contribution in [0, 0.1) is 0 Å². The van der Waals surface area contributed by atoms with Crippen LogP contribution in [0.2, 0.25) is 0 Å². The molecule has 0 saturated heterocycles. The highest BCUT2D eigenvalue weighted by molar-refractivity contribution is 5.76. The van der Waals surface area contributed by atoms with Crippen molar-refractivity contribution in [3.05, 3.63) is 53.7 Å². The molecule has 0 aliphatic heterocycles. The third-order valence-corrected chi connectivity index (χ3v) is 3.24. The third-order valence-electron chi connectivity index (χ3n) is 3.24. The Morgan fingerprint density at radius 2 is 2.05 bits per heavy atom. The lowest BCUT2D eigenvalue weighted by Gasteiger charge is -2.00. The Morgan fingerprint density at radius 3 is 2.89 bits per heavy atom. The van der Waals surface area contributed by atoms with Gasteiger partial charge >= 0.3 is 0 Å². The maximum Gasteiger partial charge on any atom is 0.117 e. The van der Waals surface area contributed by atoms with Crippen molar-refractivity contribution in [2.45, 2.75) is 13.0 Å². The number of hydrogen-bond acceptors (Lipinski definition) is 3. The lowest BCUT2D eigenvalue weighted by molar-refractivity contribution is 0.462. The van der Waals surface area contributed by atoms with E-state index in [0.29, 0.717) is 0 Å². The second-order valence-electron chi connectivity index (χ2n) is 4.75. The molecule has 2 heterocycles. The fourth-order valence-corrected chi connectivity index (χ4v) is 2.28. The molecule has 1 N–H and O–H groups in total. The smallest absolute Gasteiger partial charge is 0.117 e. The predicted molar refractivity (Wildman–Crippen MR) is 75.0 cm³/mol. The van der Waals surface area contributed by atoms with E-state index < -0.39 is 0 Å². The molecule has 0 spiro atoms. The molecule has 0 amide bonds. The highest BCUT2D eigenvalue weighted by Crippen LogP contribution is 2.18. The lowest BCUT2D eigenvalue weighted by atomic mass is 10.1. The molecule has 4 heteroatoms. The molecule has 0 saturated carbocycles. The van der Waals surface area contributed by atoms with E-state index in [2.05, 4.69) is 28.5 Å². The fourth-order valence-electron chi connectivity index (χ4n) is 2.28. The molecule has 0 fully saturated rings. The quantitative estimate of drug-likeness (QED) is 0.779. The van der Waals surface area contributed by atoms with Crippen molar-refractivity contribution >= 4 is 11.0 Å². The molecule has 98 valence electrons. The molecule has 19 heavy (non-hydrogen) atoms.